The number of hydrogen-bond acceptors (Lipinski definition) is 5. The molecule has 1 aromatic rings. The molecule has 0 spiro atoms. The van der Waals surface area contributed by atoms with Gasteiger partial charge in [-0.3, -0.25) is 10.1 Å². The number of nitrogens with zero attached hydrogens (tertiary/aromatic N) is 1. The minimum Gasteiger partial charge on any atom is -0.444 e. The van der Waals surface area contributed by atoms with Gasteiger partial charge in [0, 0.05) is 19.2 Å². The number of amides is 2. The zero-order valence-electron chi connectivity index (χ0n) is 15.0. The first-order valence-electron chi connectivity index (χ1n) is 8.68. The molecule has 1 aromatic carbocycles. The lowest BCUT2D eigenvalue weighted by atomic mass is 9.96. The van der Waals surface area contributed by atoms with Gasteiger partial charge in [0.25, 0.3) is 0 Å². The molecule has 2 fully saturated rings. The number of alkyl carbamates (subject to hydrolysis) is 1. The maximum absolute atomic E-state index is 11.8. The second kappa shape index (κ2) is 7.88. The molecule has 1 unspecified atom stereocenters. The summed E-state index contributed by atoms with van der Waals surface area (Å²) in [5.74, 6) is -0.533. The maximum Gasteiger partial charge on any atom is 0.411 e. The second-order valence-electron chi connectivity index (χ2n) is 6.79. The van der Waals surface area contributed by atoms with Crippen LogP contribution < -0.4 is 5.32 Å². The van der Waals surface area contributed by atoms with Crippen molar-refractivity contribution in [2.24, 2.45) is 0 Å². The third-order valence-electron chi connectivity index (χ3n) is 4.40. The highest BCUT2D eigenvalue weighted by atomic mass is 16.7. The van der Waals surface area contributed by atoms with Gasteiger partial charge in [-0.2, -0.15) is 0 Å². The van der Waals surface area contributed by atoms with Gasteiger partial charge in [-0.15, -0.1) is 0 Å². The van der Waals surface area contributed by atoms with E-state index >= 15 is 0 Å². The second-order valence-corrected chi connectivity index (χ2v) is 6.79. The molecule has 2 amide bonds. The van der Waals surface area contributed by atoms with Crippen molar-refractivity contribution in [1.82, 2.24) is 10.2 Å². The Morgan fingerprint density at radius 3 is 2.81 bits per heavy atom. The fourth-order valence-corrected chi connectivity index (χ4v) is 3.01. The molecular formula is C19H24N2O5. The summed E-state index contributed by atoms with van der Waals surface area (Å²) in [7, 11) is 0. The Hall–Kier alpha value is -2.38. The lowest BCUT2D eigenvalue weighted by molar-refractivity contribution is -0.167. The fourth-order valence-electron chi connectivity index (χ4n) is 3.01. The lowest BCUT2D eigenvalue weighted by Gasteiger charge is -2.42. The minimum atomic E-state index is -0.602. The molecule has 0 radical (unpaired) electrons. The highest BCUT2D eigenvalue weighted by molar-refractivity contribution is 5.83. The summed E-state index contributed by atoms with van der Waals surface area (Å²) in [4.78, 5) is 25.2. The normalized spacial score (nSPS) is 24.5. The quantitative estimate of drug-likeness (QED) is 0.787. The van der Waals surface area contributed by atoms with Gasteiger partial charge < -0.3 is 19.1 Å². The Morgan fingerprint density at radius 2 is 2.15 bits per heavy atom. The van der Waals surface area contributed by atoms with Crippen LogP contribution in [0.25, 0.3) is 0 Å². The summed E-state index contributed by atoms with van der Waals surface area (Å²) in [5, 5.41) is 2.53. The fraction of sp³-hybridized carbons (Fsp3) is 0.474. The molecule has 2 saturated heterocycles. The van der Waals surface area contributed by atoms with E-state index in [9.17, 15) is 9.59 Å². The Balaban J connectivity index is 1.39. The van der Waals surface area contributed by atoms with Crippen LogP contribution in [0.2, 0.25) is 0 Å². The number of β-lactam (4-membered cyclic amide) rings is 1. The molecule has 0 aliphatic carbocycles. The molecule has 1 N–H and O–H groups in total. The Labute approximate surface area is 152 Å². The zero-order valence-corrected chi connectivity index (χ0v) is 15.0. The van der Waals surface area contributed by atoms with E-state index in [1.54, 1.807) is 11.0 Å². The van der Waals surface area contributed by atoms with Crippen molar-refractivity contribution in [1.29, 1.82) is 0 Å². The van der Waals surface area contributed by atoms with Gasteiger partial charge in [0.05, 0.1) is 12.6 Å². The van der Waals surface area contributed by atoms with Crippen LogP contribution >= 0.6 is 0 Å². The SMILES string of the molecule is CC1(C)OC[C@@H](C2CC(=O)N2CC=CNC(=O)OCc2ccccc2)O1. The first-order chi connectivity index (χ1) is 12.4. The van der Waals surface area contributed by atoms with Gasteiger partial charge in [-0.1, -0.05) is 30.3 Å². The van der Waals surface area contributed by atoms with Crippen molar-refractivity contribution in [3.63, 3.8) is 0 Å². The smallest absolute Gasteiger partial charge is 0.411 e. The molecule has 2 aliphatic rings. The van der Waals surface area contributed by atoms with Crippen LogP contribution in [0, 0.1) is 0 Å². The summed E-state index contributed by atoms with van der Waals surface area (Å²) >= 11 is 0. The number of hydrogen-bond donors (Lipinski definition) is 1. The van der Waals surface area contributed by atoms with Crippen molar-refractivity contribution in [3.8, 4) is 0 Å². The number of rotatable bonds is 6. The molecular weight excluding hydrogens is 336 g/mol. The first-order valence-corrected chi connectivity index (χ1v) is 8.68. The van der Waals surface area contributed by atoms with Gasteiger partial charge in [-0.25, -0.2) is 4.79 Å². The molecule has 26 heavy (non-hydrogen) atoms. The average Bonchev–Trinajstić information content (AvgIpc) is 2.97. The predicted molar refractivity (Wildman–Crippen MR) is 93.9 cm³/mol. The van der Waals surface area contributed by atoms with Crippen molar-refractivity contribution in [2.75, 3.05) is 13.2 Å². The van der Waals surface area contributed by atoms with Crippen molar-refractivity contribution in [3.05, 3.63) is 48.2 Å². The van der Waals surface area contributed by atoms with Gasteiger partial charge in [-0.05, 0) is 25.5 Å². The topological polar surface area (TPSA) is 77.1 Å². The number of likely N-dealkylation sites (tertiary alicyclic amines) is 1. The third-order valence-corrected chi connectivity index (χ3v) is 4.40. The van der Waals surface area contributed by atoms with Crippen LogP contribution in [0.3, 0.4) is 0 Å². The van der Waals surface area contributed by atoms with E-state index in [-0.39, 0.29) is 24.7 Å². The molecule has 2 aliphatic heterocycles. The summed E-state index contributed by atoms with van der Waals surface area (Å²) in [6.45, 7) is 4.82. The van der Waals surface area contributed by atoms with E-state index in [1.807, 2.05) is 44.2 Å². The van der Waals surface area contributed by atoms with Crippen molar-refractivity contribution >= 4 is 12.0 Å². The Bertz CT molecular complexity index is 674. The lowest BCUT2D eigenvalue weighted by Crippen LogP contribution is -2.58. The summed E-state index contributed by atoms with van der Waals surface area (Å²) < 4.78 is 16.5. The van der Waals surface area contributed by atoms with Crippen LogP contribution in [-0.4, -0.2) is 48.0 Å². The van der Waals surface area contributed by atoms with Crippen LogP contribution in [0.4, 0.5) is 4.79 Å². The monoisotopic (exact) mass is 360 g/mol. The van der Waals surface area contributed by atoms with Gasteiger partial charge in [0.15, 0.2) is 5.79 Å². The van der Waals surface area contributed by atoms with Crippen LogP contribution in [-0.2, 0) is 25.6 Å². The molecule has 140 valence electrons. The molecule has 7 heteroatoms. The molecule has 0 saturated carbocycles. The van der Waals surface area contributed by atoms with Crippen LogP contribution in [0.15, 0.2) is 42.6 Å². The Morgan fingerprint density at radius 1 is 1.38 bits per heavy atom. The number of benzene rings is 1. The van der Waals surface area contributed by atoms with E-state index in [4.69, 9.17) is 14.2 Å². The number of nitrogens with one attached hydrogen (secondary N) is 1. The molecule has 2 atom stereocenters. The van der Waals surface area contributed by atoms with Gasteiger partial charge in [0.2, 0.25) is 5.91 Å². The highest BCUT2D eigenvalue weighted by Crippen LogP contribution is 2.32. The summed E-state index contributed by atoms with van der Waals surface area (Å²) in [6, 6.07) is 9.46. The zero-order chi connectivity index (χ0) is 18.6. The van der Waals surface area contributed by atoms with Gasteiger partial charge in [0.1, 0.15) is 12.7 Å². The average molecular weight is 360 g/mol. The Kier molecular flexibility index (Phi) is 5.58. The maximum atomic E-state index is 11.8. The highest BCUT2D eigenvalue weighted by Gasteiger charge is 2.46. The summed E-state index contributed by atoms with van der Waals surface area (Å²) in [5.41, 5.74) is 0.919. The molecule has 7 nitrogen and oxygen atoms in total. The first kappa shape index (κ1) is 18.4. The van der Waals surface area contributed by atoms with E-state index in [0.29, 0.717) is 19.6 Å². The van der Waals surface area contributed by atoms with E-state index < -0.39 is 11.9 Å². The minimum absolute atomic E-state index is 0.0129. The number of carbonyl (C=O) groups excluding carboxylic acids is 2. The third kappa shape index (κ3) is 4.62. The molecule has 0 bridgehead atoms. The van der Waals surface area contributed by atoms with E-state index in [1.165, 1.54) is 6.20 Å². The van der Waals surface area contributed by atoms with E-state index in [2.05, 4.69) is 5.32 Å². The number of ether oxygens (including phenoxy) is 3. The standard InChI is InChI=1S/C19H24N2O5/c1-19(2)25-13-16(26-19)15-11-17(22)21(15)10-6-9-20-18(23)24-12-14-7-4-3-5-8-14/h3-9,15-16H,10-13H2,1-2H3,(H,20,23)/t15?,16-/m0/s1. The van der Waals surface area contributed by atoms with Crippen LogP contribution in [0.1, 0.15) is 25.8 Å². The van der Waals surface area contributed by atoms with Crippen molar-refractivity contribution < 1.29 is 23.8 Å². The predicted octanol–water partition coefficient (Wildman–Crippen LogP) is 2.18. The molecule has 3 rings (SSSR count). The van der Waals surface area contributed by atoms with Gasteiger partial charge >= 0.3 is 6.09 Å². The van der Waals surface area contributed by atoms with Crippen LogP contribution in [0.5, 0.6) is 0 Å². The number of carbonyl (C=O) groups is 2. The largest absolute Gasteiger partial charge is 0.444 e. The van der Waals surface area contributed by atoms with Crippen molar-refractivity contribution in [2.45, 2.75) is 44.8 Å². The summed E-state index contributed by atoms with van der Waals surface area (Å²) in [6.07, 6.45) is 3.02. The van der Waals surface area contributed by atoms with E-state index in [0.717, 1.165) is 5.56 Å². The molecule has 0 aromatic heterocycles. The molecule has 2 heterocycles.